The van der Waals surface area contributed by atoms with Gasteiger partial charge in [-0.2, -0.15) is 0 Å². The summed E-state index contributed by atoms with van der Waals surface area (Å²) in [4.78, 5) is 28.3. The van der Waals surface area contributed by atoms with Gasteiger partial charge in [-0.1, -0.05) is 17.7 Å². The lowest BCUT2D eigenvalue weighted by Crippen LogP contribution is -2.33. The van der Waals surface area contributed by atoms with E-state index in [0.29, 0.717) is 16.9 Å². The zero-order valence-electron chi connectivity index (χ0n) is 17.1. The van der Waals surface area contributed by atoms with Gasteiger partial charge in [0.25, 0.3) is 15.9 Å². The third-order valence-electron chi connectivity index (χ3n) is 4.53. The highest BCUT2D eigenvalue weighted by atomic mass is 32.2. The fourth-order valence-electron chi connectivity index (χ4n) is 2.73. The van der Waals surface area contributed by atoms with Crippen LogP contribution in [0.5, 0.6) is 0 Å². The number of sulfonamides is 1. The smallest absolute Gasteiger partial charge is 0.264 e. The van der Waals surface area contributed by atoms with Crippen LogP contribution in [0.3, 0.4) is 0 Å². The van der Waals surface area contributed by atoms with Gasteiger partial charge < -0.3 is 10.6 Å². The largest absolute Gasteiger partial charge is 0.343 e. The number of hydrogen-bond acceptors (Lipinski definition) is 5. The second-order valence-corrected chi connectivity index (χ2v) is 8.77. The van der Waals surface area contributed by atoms with E-state index in [0.717, 1.165) is 9.87 Å². The number of aromatic nitrogens is 1. The van der Waals surface area contributed by atoms with Crippen molar-refractivity contribution in [2.24, 2.45) is 0 Å². The number of nitrogens with zero attached hydrogens (tertiary/aromatic N) is 2. The van der Waals surface area contributed by atoms with Crippen molar-refractivity contribution in [2.45, 2.75) is 11.8 Å². The molecule has 0 radical (unpaired) electrons. The van der Waals surface area contributed by atoms with Crippen LogP contribution in [-0.4, -0.2) is 38.8 Å². The SMILES string of the molecule is Cc1ccc(S(=O)(=O)N(C)c2ccc(C(=O)NCC(=O)Nc3cccnc3)cc2)cc1. The van der Waals surface area contributed by atoms with Crippen LogP contribution in [0.25, 0.3) is 0 Å². The Balaban J connectivity index is 1.61. The van der Waals surface area contributed by atoms with E-state index in [1.54, 1.807) is 42.6 Å². The van der Waals surface area contributed by atoms with E-state index in [2.05, 4.69) is 15.6 Å². The van der Waals surface area contributed by atoms with E-state index in [4.69, 9.17) is 0 Å². The molecule has 8 nitrogen and oxygen atoms in total. The minimum Gasteiger partial charge on any atom is -0.343 e. The predicted octanol–water partition coefficient (Wildman–Crippen LogP) is 2.58. The molecule has 3 rings (SSSR count). The zero-order chi connectivity index (χ0) is 22.4. The summed E-state index contributed by atoms with van der Waals surface area (Å²) >= 11 is 0. The Hall–Kier alpha value is -3.72. The molecule has 0 aliphatic carbocycles. The molecule has 0 unspecified atom stereocenters. The van der Waals surface area contributed by atoms with Crippen molar-refractivity contribution < 1.29 is 18.0 Å². The van der Waals surface area contributed by atoms with Gasteiger partial charge in [-0.25, -0.2) is 8.42 Å². The maximum atomic E-state index is 12.8. The summed E-state index contributed by atoms with van der Waals surface area (Å²) in [5.74, 6) is -0.834. The summed E-state index contributed by atoms with van der Waals surface area (Å²) in [7, 11) is -2.27. The van der Waals surface area contributed by atoms with Gasteiger partial charge >= 0.3 is 0 Å². The fourth-order valence-corrected chi connectivity index (χ4v) is 3.93. The molecule has 160 valence electrons. The molecular formula is C22H22N4O4S. The first-order valence-corrected chi connectivity index (χ1v) is 10.8. The Bertz CT molecular complexity index is 1160. The Labute approximate surface area is 181 Å². The zero-order valence-corrected chi connectivity index (χ0v) is 17.9. The molecule has 31 heavy (non-hydrogen) atoms. The molecule has 2 amide bonds. The number of aryl methyl sites for hydroxylation is 1. The van der Waals surface area contributed by atoms with Gasteiger partial charge in [-0.05, 0) is 55.5 Å². The first-order chi connectivity index (χ1) is 14.8. The summed E-state index contributed by atoms with van der Waals surface area (Å²) in [6.45, 7) is 1.67. The molecule has 1 aromatic heterocycles. The lowest BCUT2D eigenvalue weighted by Gasteiger charge is -2.20. The van der Waals surface area contributed by atoms with Crippen LogP contribution >= 0.6 is 0 Å². The number of hydrogen-bond donors (Lipinski definition) is 2. The third-order valence-corrected chi connectivity index (χ3v) is 6.33. The minimum absolute atomic E-state index is 0.182. The molecule has 0 fully saturated rings. The molecule has 1 heterocycles. The second kappa shape index (κ2) is 9.40. The average molecular weight is 439 g/mol. The third kappa shape index (κ3) is 5.46. The first-order valence-electron chi connectivity index (χ1n) is 9.41. The number of amides is 2. The van der Waals surface area contributed by atoms with E-state index in [1.165, 1.54) is 37.5 Å². The minimum atomic E-state index is -3.72. The summed E-state index contributed by atoms with van der Waals surface area (Å²) in [5.41, 5.74) is 2.21. The molecule has 0 bridgehead atoms. The van der Waals surface area contributed by atoms with Crippen LogP contribution in [0.4, 0.5) is 11.4 Å². The van der Waals surface area contributed by atoms with Gasteiger partial charge in [0.1, 0.15) is 0 Å². The van der Waals surface area contributed by atoms with E-state index < -0.39 is 15.9 Å². The van der Waals surface area contributed by atoms with Gasteiger partial charge in [0.2, 0.25) is 5.91 Å². The highest BCUT2D eigenvalue weighted by Crippen LogP contribution is 2.22. The lowest BCUT2D eigenvalue weighted by atomic mass is 10.2. The number of carbonyl (C=O) groups is 2. The number of carbonyl (C=O) groups excluding carboxylic acids is 2. The van der Waals surface area contributed by atoms with Crippen LogP contribution in [0.2, 0.25) is 0 Å². The predicted molar refractivity (Wildman–Crippen MR) is 118 cm³/mol. The monoisotopic (exact) mass is 438 g/mol. The molecule has 3 aromatic rings. The maximum absolute atomic E-state index is 12.8. The van der Waals surface area contributed by atoms with Crippen molar-refractivity contribution in [1.29, 1.82) is 0 Å². The second-order valence-electron chi connectivity index (χ2n) is 6.81. The summed E-state index contributed by atoms with van der Waals surface area (Å²) < 4.78 is 26.7. The van der Waals surface area contributed by atoms with Crippen LogP contribution in [-0.2, 0) is 14.8 Å². The number of rotatable bonds is 7. The average Bonchev–Trinajstić information content (AvgIpc) is 2.78. The van der Waals surface area contributed by atoms with Crippen molar-refractivity contribution in [2.75, 3.05) is 23.2 Å². The lowest BCUT2D eigenvalue weighted by molar-refractivity contribution is -0.115. The van der Waals surface area contributed by atoms with Gasteiger partial charge in [-0.3, -0.25) is 18.9 Å². The Morgan fingerprint density at radius 2 is 1.68 bits per heavy atom. The van der Waals surface area contributed by atoms with Crippen LogP contribution in [0.15, 0.2) is 78.0 Å². The molecule has 0 spiro atoms. The van der Waals surface area contributed by atoms with E-state index >= 15 is 0 Å². The molecule has 0 aliphatic heterocycles. The van der Waals surface area contributed by atoms with Crippen LogP contribution < -0.4 is 14.9 Å². The Morgan fingerprint density at radius 3 is 2.29 bits per heavy atom. The quantitative estimate of drug-likeness (QED) is 0.589. The van der Waals surface area contributed by atoms with Crippen LogP contribution in [0, 0.1) is 6.92 Å². The number of anilines is 2. The molecule has 0 aliphatic rings. The molecule has 2 N–H and O–H groups in total. The maximum Gasteiger partial charge on any atom is 0.264 e. The van der Waals surface area contributed by atoms with Crippen molar-refractivity contribution in [3.63, 3.8) is 0 Å². The number of nitrogens with one attached hydrogen (secondary N) is 2. The molecule has 9 heteroatoms. The van der Waals surface area contributed by atoms with Gasteiger partial charge in [0.15, 0.2) is 0 Å². The molecule has 0 saturated carbocycles. The highest BCUT2D eigenvalue weighted by Gasteiger charge is 2.21. The van der Waals surface area contributed by atoms with Crippen molar-refractivity contribution in [3.05, 3.63) is 84.2 Å². The number of pyridine rings is 1. The topological polar surface area (TPSA) is 108 Å². The van der Waals surface area contributed by atoms with Gasteiger partial charge in [0, 0.05) is 18.8 Å². The number of benzene rings is 2. The van der Waals surface area contributed by atoms with Gasteiger partial charge in [0.05, 0.1) is 29.0 Å². The van der Waals surface area contributed by atoms with Crippen molar-refractivity contribution in [3.8, 4) is 0 Å². The molecule has 0 atom stereocenters. The van der Waals surface area contributed by atoms with Gasteiger partial charge in [-0.15, -0.1) is 0 Å². The van der Waals surface area contributed by atoms with E-state index in [-0.39, 0.29) is 17.3 Å². The first kappa shape index (κ1) is 22.0. The molecule has 0 saturated heterocycles. The summed E-state index contributed by atoms with van der Waals surface area (Å²) in [6, 6.07) is 16.0. The summed E-state index contributed by atoms with van der Waals surface area (Å²) in [6.07, 6.45) is 3.09. The Morgan fingerprint density at radius 1 is 1.00 bits per heavy atom. The fraction of sp³-hybridized carbons (Fsp3) is 0.136. The normalized spacial score (nSPS) is 10.9. The standard InChI is InChI=1S/C22H22N4O4S/c1-16-5-11-20(12-6-16)31(29,30)26(2)19-9-7-17(8-10-19)22(28)24-15-21(27)25-18-4-3-13-23-14-18/h3-14H,15H2,1-2H3,(H,24,28)(H,25,27). The van der Waals surface area contributed by atoms with Crippen LogP contribution in [0.1, 0.15) is 15.9 Å². The summed E-state index contributed by atoms with van der Waals surface area (Å²) in [5, 5.41) is 5.14. The highest BCUT2D eigenvalue weighted by molar-refractivity contribution is 7.92. The Kier molecular flexibility index (Phi) is 6.66. The van der Waals surface area contributed by atoms with E-state index in [1.807, 2.05) is 6.92 Å². The molecular weight excluding hydrogens is 416 g/mol. The van der Waals surface area contributed by atoms with E-state index in [9.17, 15) is 18.0 Å². The molecule has 2 aromatic carbocycles. The van der Waals surface area contributed by atoms with Crippen molar-refractivity contribution in [1.82, 2.24) is 10.3 Å². The van der Waals surface area contributed by atoms with Crippen molar-refractivity contribution >= 4 is 33.2 Å².